The number of allylic oxidation sites excluding steroid dienone is 1. The van der Waals surface area contributed by atoms with Crippen LogP contribution in [0.25, 0.3) is 6.08 Å². The molecule has 130 valence electrons. The number of rotatable bonds is 5. The third-order valence-electron chi connectivity index (χ3n) is 4.15. The minimum atomic E-state index is -0.386. The Morgan fingerprint density at radius 2 is 1.76 bits per heavy atom. The lowest BCUT2D eigenvalue weighted by Gasteiger charge is -2.18. The van der Waals surface area contributed by atoms with Crippen LogP contribution < -0.4 is 0 Å². The Morgan fingerprint density at radius 3 is 2.28 bits per heavy atom. The van der Waals surface area contributed by atoms with E-state index in [1.807, 2.05) is 31.2 Å². The van der Waals surface area contributed by atoms with Gasteiger partial charge in [-0.1, -0.05) is 70.2 Å². The first kappa shape index (κ1) is 18.6. The molecule has 0 aliphatic heterocycles. The molecular weight excluding hydrogens is 314 g/mol. The maximum Gasteiger partial charge on any atom is 0.273 e. The van der Waals surface area contributed by atoms with E-state index in [9.17, 15) is 14.9 Å². The number of aryl methyl sites for hydroxylation is 1. The van der Waals surface area contributed by atoms with Crippen molar-refractivity contribution in [3.8, 4) is 0 Å². The van der Waals surface area contributed by atoms with E-state index < -0.39 is 0 Å². The Morgan fingerprint density at radius 1 is 1.12 bits per heavy atom. The minimum Gasteiger partial charge on any atom is -0.289 e. The molecular formula is C21H23NO3. The van der Waals surface area contributed by atoms with Crippen molar-refractivity contribution in [1.29, 1.82) is 0 Å². The highest BCUT2D eigenvalue weighted by atomic mass is 16.6. The van der Waals surface area contributed by atoms with Crippen LogP contribution in [-0.4, -0.2) is 10.7 Å². The Bertz CT molecular complexity index is 812. The molecule has 0 spiro atoms. The van der Waals surface area contributed by atoms with Crippen LogP contribution in [0.4, 0.5) is 5.69 Å². The molecule has 0 aromatic heterocycles. The van der Waals surface area contributed by atoms with Gasteiger partial charge in [-0.05, 0) is 29.0 Å². The predicted molar refractivity (Wildman–Crippen MR) is 101 cm³/mol. The average Bonchev–Trinajstić information content (AvgIpc) is 2.58. The molecule has 0 heterocycles. The van der Waals surface area contributed by atoms with Gasteiger partial charge in [0, 0.05) is 17.2 Å². The normalized spacial score (nSPS) is 11.7. The molecule has 0 aliphatic rings. The molecule has 2 rings (SSSR count). The monoisotopic (exact) mass is 337 g/mol. The van der Waals surface area contributed by atoms with E-state index in [4.69, 9.17) is 0 Å². The van der Waals surface area contributed by atoms with Gasteiger partial charge in [-0.2, -0.15) is 0 Å². The summed E-state index contributed by atoms with van der Waals surface area (Å²) in [5.74, 6) is -0.123. The van der Waals surface area contributed by atoms with E-state index in [0.717, 1.165) is 0 Å². The summed E-state index contributed by atoms with van der Waals surface area (Å²) in [5.41, 5.74) is 3.22. The first-order valence-electron chi connectivity index (χ1n) is 8.32. The topological polar surface area (TPSA) is 60.2 Å². The molecule has 0 amide bonds. The number of nitro groups is 1. The molecule has 0 radical (unpaired) electrons. The molecule has 0 atom stereocenters. The van der Waals surface area contributed by atoms with Gasteiger partial charge in [-0.25, -0.2) is 0 Å². The standard InChI is InChI=1S/C21H23NO3/c1-5-16-8-6-15(14-19(16)22(24)25)7-13-20(23)17-9-11-18(12-10-17)21(2,3)4/h6-14H,5H2,1-4H3/b13-7+. The van der Waals surface area contributed by atoms with Crippen LogP contribution in [-0.2, 0) is 11.8 Å². The van der Waals surface area contributed by atoms with E-state index >= 15 is 0 Å². The molecule has 25 heavy (non-hydrogen) atoms. The number of carbonyl (C=O) groups is 1. The fourth-order valence-electron chi connectivity index (χ4n) is 2.56. The second kappa shape index (κ2) is 7.43. The summed E-state index contributed by atoms with van der Waals surface area (Å²) in [6.07, 6.45) is 3.67. The van der Waals surface area contributed by atoms with Crippen molar-refractivity contribution < 1.29 is 9.72 Å². The Hall–Kier alpha value is -2.75. The maximum absolute atomic E-state index is 12.3. The minimum absolute atomic E-state index is 0.0391. The SMILES string of the molecule is CCc1ccc(/C=C/C(=O)c2ccc(C(C)(C)C)cc2)cc1[N+](=O)[O-]. The third-order valence-corrected chi connectivity index (χ3v) is 4.15. The van der Waals surface area contributed by atoms with Gasteiger partial charge < -0.3 is 0 Å². The molecule has 0 saturated carbocycles. The van der Waals surface area contributed by atoms with E-state index in [0.29, 0.717) is 23.1 Å². The van der Waals surface area contributed by atoms with Gasteiger partial charge in [-0.15, -0.1) is 0 Å². The van der Waals surface area contributed by atoms with Gasteiger partial charge in [0.2, 0.25) is 0 Å². The van der Waals surface area contributed by atoms with Crippen molar-refractivity contribution >= 4 is 17.5 Å². The third kappa shape index (κ3) is 4.63. The van der Waals surface area contributed by atoms with Crippen molar-refractivity contribution in [2.75, 3.05) is 0 Å². The summed E-state index contributed by atoms with van der Waals surface area (Å²) in [4.78, 5) is 23.0. The molecule has 0 aliphatic carbocycles. The zero-order valence-corrected chi connectivity index (χ0v) is 15.1. The van der Waals surface area contributed by atoms with E-state index in [2.05, 4.69) is 20.8 Å². The van der Waals surface area contributed by atoms with Gasteiger partial charge in [-0.3, -0.25) is 14.9 Å². The summed E-state index contributed by atoms with van der Waals surface area (Å²) in [5, 5.41) is 11.1. The largest absolute Gasteiger partial charge is 0.289 e. The lowest BCUT2D eigenvalue weighted by Crippen LogP contribution is -2.11. The zero-order chi connectivity index (χ0) is 18.6. The fraction of sp³-hybridized carbons (Fsp3) is 0.286. The summed E-state index contributed by atoms with van der Waals surface area (Å²) in [7, 11) is 0. The number of hydrogen-bond acceptors (Lipinski definition) is 3. The first-order chi connectivity index (χ1) is 11.7. The number of ketones is 1. The van der Waals surface area contributed by atoms with Gasteiger partial charge in [0.05, 0.1) is 4.92 Å². The Labute approximate surface area is 148 Å². The Kier molecular flexibility index (Phi) is 5.52. The molecule has 0 unspecified atom stereocenters. The fourth-order valence-corrected chi connectivity index (χ4v) is 2.56. The lowest BCUT2D eigenvalue weighted by molar-refractivity contribution is -0.385. The zero-order valence-electron chi connectivity index (χ0n) is 15.1. The summed E-state index contributed by atoms with van der Waals surface area (Å²) >= 11 is 0. The van der Waals surface area contributed by atoms with Crippen molar-refractivity contribution in [3.63, 3.8) is 0 Å². The van der Waals surface area contributed by atoms with E-state index in [1.54, 1.807) is 18.2 Å². The molecule has 2 aromatic rings. The molecule has 0 saturated heterocycles. The van der Waals surface area contributed by atoms with Crippen molar-refractivity contribution in [1.82, 2.24) is 0 Å². The van der Waals surface area contributed by atoms with Crippen molar-refractivity contribution in [3.05, 3.63) is 80.9 Å². The summed E-state index contributed by atoms with van der Waals surface area (Å²) in [6.45, 7) is 8.24. The molecule has 2 aromatic carbocycles. The van der Waals surface area contributed by atoms with Gasteiger partial charge >= 0.3 is 0 Å². The van der Waals surface area contributed by atoms with Crippen LogP contribution in [0, 0.1) is 10.1 Å². The second-order valence-electron chi connectivity index (χ2n) is 7.02. The van der Waals surface area contributed by atoms with Crippen LogP contribution in [0.2, 0.25) is 0 Å². The highest BCUT2D eigenvalue weighted by Crippen LogP contribution is 2.23. The smallest absolute Gasteiger partial charge is 0.273 e. The first-order valence-corrected chi connectivity index (χ1v) is 8.32. The molecule has 0 fully saturated rings. The predicted octanol–water partition coefficient (Wildman–Crippen LogP) is 5.35. The molecule has 4 nitrogen and oxygen atoms in total. The molecule has 0 bridgehead atoms. The quantitative estimate of drug-likeness (QED) is 0.320. The molecule has 4 heteroatoms. The summed E-state index contributed by atoms with van der Waals surface area (Å²) in [6, 6.07) is 12.6. The summed E-state index contributed by atoms with van der Waals surface area (Å²) < 4.78 is 0. The van der Waals surface area contributed by atoms with Crippen LogP contribution in [0.1, 0.15) is 54.7 Å². The van der Waals surface area contributed by atoms with E-state index in [-0.39, 0.29) is 21.8 Å². The number of nitro benzene ring substituents is 1. The molecule has 0 N–H and O–H groups in total. The van der Waals surface area contributed by atoms with Gasteiger partial charge in [0.1, 0.15) is 0 Å². The highest BCUT2D eigenvalue weighted by molar-refractivity contribution is 6.06. The average molecular weight is 337 g/mol. The number of benzene rings is 2. The number of hydrogen-bond donors (Lipinski definition) is 0. The van der Waals surface area contributed by atoms with Gasteiger partial charge in [0.25, 0.3) is 5.69 Å². The highest BCUT2D eigenvalue weighted by Gasteiger charge is 2.14. The lowest BCUT2D eigenvalue weighted by atomic mass is 9.86. The van der Waals surface area contributed by atoms with E-state index in [1.165, 1.54) is 17.7 Å². The number of nitrogens with zero attached hydrogens (tertiary/aromatic N) is 1. The number of carbonyl (C=O) groups excluding carboxylic acids is 1. The van der Waals surface area contributed by atoms with Crippen LogP contribution >= 0.6 is 0 Å². The van der Waals surface area contributed by atoms with Crippen LogP contribution in [0.3, 0.4) is 0 Å². The maximum atomic E-state index is 12.3. The van der Waals surface area contributed by atoms with Crippen LogP contribution in [0.5, 0.6) is 0 Å². The second-order valence-corrected chi connectivity index (χ2v) is 7.02. The Balaban J connectivity index is 2.20. The van der Waals surface area contributed by atoms with Gasteiger partial charge in [0.15, 0.2) is 5.78 Å². The van der Waals surface area contributed by atoms with Crippen molar-refractivity contribution in [2.24, 2.45) is 0 Å². The van der Waals surface area contributed by atoms with Crippen molar-refractivity contribution in [2.45, 2.75) is 39.5 Å². The van der Waals surface area contributed by atoms with Crippen LogP contribution in [0.15, 0.2) is 48.5 Å².